The molecule has 0 atom stereocenters. The molecule has 2 heterocycles. The molecule has 0 spiro atoms. The van der Waals surface area contributed by atoms with E-state index in [1.165, 1.54) is 12.8 Å². The Morgan fingerprint density at radius 2 is 1.85 bits per heavy atom. The molecule has 2 N–H and O–H groups in total. The molecule has 2 aliphatic rings. The lowest BCUT2D eigenvalue weighted by Crippen LogP contribution is -2.43. The highest BCUT2D eigenvalue weighted by molar-refractivity contribution is 5.80. The number of carbonyl (C=O) groups is 2. The van der Waals surface area contributed by atoms with Crippen LogP contribution in [0.25, 0.3) is 0 Å². The fraction of sp³-hybridized carbons (Fsp3) is 0.900. The third kappa shape index (κ3) is 7.62. The highest BCUT2D eigenvalue weighted by Crippen LogP contribution is 2.21. The molecule has 0 aromatic carbocycles. The summed E-state index contributed by atoms with van der Waals surface area (Å²) in [6.07, 6.45) is 6.72. The van der Waals surface area contributed by atoms with E-state index >= 15 is 0 Å². The summed E-state index contributed by atoms with van der Waals surface area (Å²) in [5, 5.41) is 6.38. The van der Waals surface area contributed by atoms with Crippen LogP contribution in [0.3, 0.4) is 0 Å². The summed E-state index contributed by atoms with van der Waals surface area (Å²) >= 11 is 0. The second-order valence-electron chi connectivity index (χ2n) is 7.95. The van der Waals surface area contributed by atoms with Crippen molar-refractivity contribution in [2.75, 3.05) is 39.3 Å². The molecule has 2 aliphatic heterocycles. The van der Waals surface area contributed by atoms with E-state index in [9.17, 15) is 9.59 Å². The number of hydrogen-bond donors (Lipinski definition) is 2. The van der Waals surface area contributed by atoms with Crippen LogP contribution in [-0.4, -0.2) is 62.1 Å². The molecule has 0 unspecified atom stereocenters. The largest absolute Gasteiger partial charge is 0.379 e. The molecule has 2 rings (SSSR count). The summed E-state index contributed by atoms with van der Waals surface area (Å²) in [5.41, 5.74) is 0. The third-order valence-electron chi connectivity index (χ3n) is 5.52. The zero-order chi connectivity index (χ0) is 18.8. The maximum atomic E-state index is 12.4. The van der Waals surface area contributed by atoms with Crippen LogP contribution in [0.4, 0.5) is 0 Å². The lowest BCUT2D eigenvalue weighted by molar-refractivity contribution is -0.135. The van der Waals surface area contributed by atoms with Gasteiger partial charge in [0.15, 0.2) is 0 Å². The van der Waals surface area contributed by atoms with E-state index < -0.39 is 0 Å². The van der Waals surface area contributed by atoms with Crippen molar-refractivity contribution in [3.63, 3.8) is 0 Å². The van der Waals surface area contributed by atoms with E-state index in [2.05, 4.69) is 10.6 Å². The molecule has 0 aromatic rings. The normalized spacial score (nSPS) is 19.7. The Balaban J connectivity index is 1.57. The van der Waals surface area contributed by atoms with E-state index in [0.717, 1.165) is 51.9 Å². The van der Waals surface area contributed by atoms with E-state index in [0.29, 0.717) is 25.5 Å². The van der Waals surface area contributed by atoms with Gasteiger partial charge in [-0.25, -0.2) is 0 Å². The quantitative estimate of drug-likeness (QED) is 0.611. The van der Waals surface area contributed by atoms with Crippen LogP contribution in [0.1, 0.15) is 58.8 Å². The van der Waals surface area contributed by atoms with Crippen molar-refractivity contribution in [1.82, 2.24) is 15.5 Å². The first-order valence-corrected chi connectivity index (χ1v) is 10.4. The molecule has 26 heavy (non-hydrogen) atoms. The summed E-state index contributed by atoms with van der Waals surface area (Å²) in [6, 6.07) is 0. The number of hydrogen-bond acceptors (Lipinski definition) is 4. The highest BCUT2D eigenvalue weighted by Gasteiger charge is 2.27. The number of piperidine rings is 2. The molecule has 6 heteroatoms. The van der Waals surface area contributed by atoms with Gasteiger partial charge in [-0.1, -0.05) is 0 Å². The van der Waals surface area contributed by atoms with Crippen LogP contribution in [0, 0.1) is 11.8 Å². The molecule has 0 aromatic heterocycles. The minimum absolute atomic E-state index is 0.0504. The Morgan fingerprint density at radius 1 is 1.15 bits per heavy atom. The molecular formula is C20H37N3O3. The van der Waals surface area contributed by atoms with E-state index in [1.54, 1.807) is 0 Å². The molecule has 2 amide bonds. The van der Waals surface area contributed by atoms with Crippen molar-refractivity contribution in [1.29, 1.82) is 0 Å². The number of rotatable bonds is 9. The van der Waals surface area contributed by atoms with Gasteiger partial charge in [-0.2, -0.15) is 0 Å². The third-order valence-corrected chi connectivity index (χ3v) is 5.52. The first-order chi connectivity index (χ1) is 12.6. The van der Waals surface area contributed by atoms with E-state index in [1.807, 2.05) is 18.7 Å². The van der Waals surface area contributed by atoms with Gasteiger partial charge in [-0.15, -0.1) is 0 Å². The van der Waals surface area contributed by atoms with Crippen molar-refractivity contribution in [2.45, 2.75) is 64.9 Å². The molecule has 150 valence electrons. The van der Waals surface area contributed by atoms with Crippen LogP contribution < -0.4 is 10.6 Å². The predicted octanol–water partition coefficient (Wildman–Crippen LogP) is 1.94. The summed E-state index contributed by atoms with van der Waals surface area (Å²) in [5.74, 6) is 1.15. The van der Waals surface area contributed by atoms with Crippen LogP contribution in [0.5, 0.6) is 0 Å². The fourth-order valence-corrected chi connectivity index (χ4v) is 3.79. The first-order valence-electron chi connectivity index (χ1n) is 10.4. The Labute approximate surface area is 158 Å². The van der Waals surface area contributed by atoms with Gasteiger partial charge in [0.1, 0.15) is 0 Å². The second kappa shape index (κ2) is 11.5. The van der Waals surface area contributed by atoms with Crippen molar-refractivity contribution < 1.29 is 14.3 Å². The molecule has 6 nitrogen and oxygen atoms in total. The summed E-state index contributed by atoms with van der Waals surface area (Å²) in [6.45, 7) is 8.99. The molecule has 0 bridgehead atoms. The van der Waals surface area contributed by atoms with Crippen LogP contribution in [0.15, 0.2) is 0 Å². The number of carbonyl (C=O) groups excluding carboxylic acids is 2. The van der Waals surface area contributed by atoms with E-state index in [4.69, 9.17) is 4.74 Å². The van der Waals surface area contributed by atoms with Crippen LogP contribution in [-0.2, 0) is 14.3 Å². The highest BCUT2D eigenvalue weighted by atomic mass is 16.5. The zero-order valence-electron chi connectivity index (χ0n) is 16.6. The molecule has 0 radical (unpaired) electrons. The smallest absolute Gasteiger partial charge is 0.223 e. The molecule has 2 fully saturated rings. The van der Waals surface area contributed by atoms with Crippen molar-refractivity contribution in [2.24, 2.45) is 11.8 Å². The average Bonchev–Trinajstić information content (AvgIpc) is 2.66. The van der Waals surface area contributed by atoms with Crippen molar-refractivity contribution >= 4 is 11.8 Å². The number of ether oxygens (including phenoxy) is 1. The summed E-state index contributed by atoms with van der Waals surface area (Å²) in [7, 11) is 0. The van der Waals surface area contributed by atoms with Crippen LogP contribution in [0.2, 0.25) is 0 Å². The van der Waals surface area contributed by atoms with Crippen molar-refractivity contribution in [3.8, 4) is 0 Å². The van der Waals surface area contributed by atoms with Gasteiger partial charge in [0.2, 0.25) is 11.8 Å². The lowest BCUT2D eigenvalue weighted by Gasteiger charge is -2.32. The molecule has 0 saturated carbocycles. The lowest BCUT2D eigenvalue weighted by atomic mass is 9.92. The number of nitrogens with one attached hydrogen (secondary N) is 2. The predicted molar refractivity (Wildman–Crippen MR) is 103 cm³/mol. The Morgan fingerprint density at radius 3 is 2.50 bits per heavy atom. The fourth-order valence-electron chi connectivity index (χ4n) is 3.79. The maximum Gasteiger partial charge on any atom is 0.223 e. The van der Waals surface area contributed by atoms with Crippen LogP contribution >= 0.6 is 0 Å². The standard InChI is InChI=1S/C20H37N3O3/c1-16(2)26-15-3-10-22-20(25)18-8-13-23(14-9-18)19(24)5-4-17-6-11-21-12-7-17/h16-18,21H,3-15H2,1-2H3,(H,22,25). The van der Waals surface area contributed by atoms with Gasteiger partial charge >= 0.3 is 0 Å². The molecular weight excluding hydrogens is 330 g/mol. The average molecular weight is 368 g/mol. The minimum atomic E-state index is 0.0504. The topological polar surface area (TPSA) is 70.7 Å². The summed E-state index contributed by atoms with van der Waals surface area (Å²) in [4.78, 5) is 26.6. The SMILES string of the molecule is CC(C)OCCCNC(=O)C1CCN(C(=O)CCC2CCNCC2)CC1. The number of amides is 2. The van der Waals surface area contributed by atoms with Gasteiger partial charge in [-0.3, -0.25) is 9.59 Å². The maximum absolute atomic E-state index is 12.4. The van der Waals surface area contributed by atoms with Crippen molar-refractivity contribution in [3.05, 3.63) is 0 Å². The first kappa shape index (κ1) is 21.2. The monoisotopic (exact) mass is 367 g/mol. The zero-order valence-corrected chi connectivity index (χ0v) is 16.6. The molecule has 0 aliphatic carbocycles. The Kier molecular flexibility index (Phi) is 9.40. The second-order valence-corrected chi connectivity index (χ2v) is 7.95. The molecule has 2 saturated heterocycles. The Hall–Kier alpha value is -1.14. The van der Waals surface area contributed by atoms with Gasteiger partial charge in [0.25, 0.3) is 0 Å². The van der Waals surface area contributed by atoms with Gasteiger partial charge in [0.05, 0.1) is 6.10 Å². The Bertz CT molecular complexity index is 428. The summed E-state index contributed by atoms with van der Waals surface area (Å²) < 4.78 is 5.48. The number of nitrogens with zero attached hydrogens (tertiary/aromatic N) is 1. The van der Waals surface area contributed by atoms with E-state index in [-0.39, 0.29) is 23.8 Å². The van der Waals surface area contributed by atoms with Gasteiger partial charge < -0.3 is 20.3 Å². The number of likely N-dealkylation sites (tertiary alicyclic amines) is 1. The van der Waals surface area contributed by atoms with Gasteiger partial charge in [0, 0.05) is 38.6 Å². The minimum Gasteiger partial charge on any atom is -0.379 e. The van der Waals surface area contributed by atoms with Gasteiger partial charge in [-0.05, 0) is 71.4 Å².